The number of methoxy groups -OCH3 is 2. The fraction of sp³-hybridized carbons (Fsp3) is 0.889. The van der Waals surface area contributed by atoms with Crippen molar-refractivity contribution in [1.82, 2.24) is 4.90 Å². The van der Waals surface area contributed by atoms with Crippen LogP contribution in [0, 0.1) is 5.92 Å². The lowest BCUT2D eigenvalue weighted by Gasteiger charge is -2.47. The predicted octanol–water partition coefficient (Wildman–Crippen LogP) is 2.37. The molecule has 1 amide bonds. The summed E-state index contributed by atoms with van der Waals surface area (Å²) in [5.74, 6) is 0.159. The van der Waals surface area contributed by atoms with Crippen LogP contribution in [0.5, 0.6) is 0 Å². The van der Waals surface area contributed by atoms with Crippen LogP contribution in [-0.2, 0) is 23.7 Å². The minimum Gasteiger partial charge on any atom is -0.444 e. The fourth-order valence-corrected chi connectivity index (χ4v) is 3.59. The molecule has 0 aromatic carbocycles. The first-order valence-electron chi connectivity index (χ1n) is 8.92. The van der Waals surface area contributed by atoms with Gasteiger partial charge in [-0.15, -0.1) is 0 Å². The van der Waals surface area contributed by atoms with E-state index in [2.05, 4.69) is 0 Å². The fourth-order valence-electron chi connectivity index (χ4n) is 3.59. The van der Waals surface area contributed by atoms with E-state index in [1.807, 2.05) is 20.8 Å². The van der Waals surface area contributed by atoms with Crippen molar-refractivity contribution in [3.05, 3.63) is 0 Å². The van der Waals surface area contributed by atoms with Crippen LogP contribution in [0.1, 0.15) is 46.5 Å². The van der Waals surface area contributed by atoms with Crippen LogP contribution < -0.4 is 0 Å². The number of morpholine rings is 1. The zero-order valence-electron chi connectivity index (χ0n) is 15.9. The second kappa shape index (κ2) is 8.47. The number of carbonyl (C=O) groups is 2. The molecule has 2 unspecified atom stereocenters. The lowest BCUT2D eigenvalue weighted by Crippen LogP contribution is -2.60. The summed E-state index contributed by atoms with van der Waals surface area (Å²) in [5, 5.41) is 0. The summed E-state index contributed by atoms with van der Waals surface area (Å²) >= 11 is 0. The highest BCUT2D eigenvalue weighted by Crippen LogP contribution is 2.34. The molecule has 2 aliphatic rings. The molecule has 0 radical (unpaired) electrons. The van der Waals surface area contributed by atoms with E-state index >= 15 is 0 Å². The average Bonchev–Trinajstić information content (AvgIpc) is 2.52. The van der Waals surface area contributed by atoms with Gasteiger partial charge in [0.15, 0.2) is 6.29 Å². The summed E-state index contributed by atoms with van der Waals surface area (Å²) in [7, 11) is 3.14. The highest BCUT2D eigenvalue weighted by Gasteiger charge is 2.44. The maximum atomic E-state index is 12.6. The molecule has 2 fully saturated rings. The highest BCUT2D eigenvalue weighted by molar-refractivity contribution is 5.81. The molecule has 25 heavy (non-hydrogen) atoms. The van der Waals surface area contributed by atoms with Crippen molar-refractivity contribution < 1.29 is 28.5 Å². The number of ether oxygens (including phenoxy) is 4. The van der Waals surface area contributed by atoms with Crippen LogP contribution in [-0.4, -0.2) is 68.2 Å². The van der Waals surface area contributed by atoms with E-state index in [0.29, 0.717) is 38.9 Å². The Hall–Kier alpha value is -1.18. The molecule has 0 saturated carbocycles. The first kappa shape index (κ1) is 20.1. The van der Waals surface area contributed by atoms with Crippen LogP contribution >= 0.6 is 0 Å². The molecule has 2 bridgehead atoms. The normalized spacial score (nSPS) is 26.6. The van der Waals surface area contributed by atoms with E-state index in [1.54, 1.807) is 19.1 Å². The molecule has 2 atom stereocenters. The van der Waals surface area contributed by atoms with E-state index in [4.69, 9.17) is 18.9 Å². The summed E-state index contributed by atoms with van der Waals surface area (Å²) < 4.78 is 21.4. The molecular weight excluding hydrogens is 326 g/mol. The predicted molar refractivity (Wildman–Crippen MR) is 91.2 cm³/mol. The second-order valence-corrected chi connectivity index (χ2v) is 7.81. The van der Waals surface area contributed by atoms with Gasteiger partial charge in [0.2, 0.25) is 0 Å². The number of rotatable bonds is 6. The Labute approximate surface area is 149 Å². The third-order valence-corrected chi connectivity index (χ3v) is 4.73. The van der Waals surface area contributed by atoms with Crippen molar-refractivity contribution in [2.24, 2.45) is 5.92 Å². The monoisotopic (exact) mass is 357 g/mol. The average molecular weight is 357 g/mol. The Balaban J connectivity index is 1.96. The Bertz CT molecular complexity index is 457. The van der Waals surface area contributed by atoms with Crippen LogP contribution in [0.25, 0.3) is 0 Å². The van der Waals surface area contributed by atoms with Gasteiger partial charge in [-0.05, 0) is 33.6 Å². The van der Waals surface area contributed by atoms with Crippen molar-refractivity contribution >= 4 is 11.9 Å². The molecule has 7 nitrogen and oxygen atoms in total. The van der Waals surface area contributed by atoms with Gasteiger partial charge < -0.3 is 18.9 Å². The van der Waals surface area contributed by atoms with E-state index < -0.39 is 5.60 Å². The Morgan fingerprint density at radius 1 is 1.12 bits per heavy atom. The molecular formula is C18H31NO6. The SMILES string of the molecule is COC(CCC(=O)C1CC2COCC(C1)N2C(=O)OC(C)(C)C)OC. The van der Waals surface area contributed by atoms with Crippen molar-refractivity contribution in [3.63, 3.8) is 0 Å². The van der Waals surface area contributed by atoms with Gasteiger partial charge in [-0.1, -0.05) is 0 Å². The number of piperidine rings is 1. The van der Waals surface area contributed by atoms with E-state index in [9.17, 15) is 9.59 Å². The number of hydrogen-bond donors (Lipinski definition) is 0. The quantitative estimate of drug-likeness (QED) is 0.680. The minimum atomic E-state index is -0.534. The molecule has 7 heteroatoms. The lowest BCUT2D eigenvalue weighted by molar-refractivity contribution is -0.137. The number of Topliss-reactive ketones (excluding diaryl/α,β-unsaturated/α-hetero) is 1. The van der Waals surface area contributed by atoms with Gasteiger partial charge in [0.05, 0.1) is 25.3 Å². The second-order valence-electron chi connectivity index (χ2n) is 7.81. The summed E-state index contributed by atoms with van der Waals surface area (Å²) in [6.07, 6.45) is 1.55. The third-order valence-electron chi connectivity index (χ3n) is 4.73. The standard InChI is InChI=1S/C18H31NO6/c1-18(2,3)25-17(21)19-13-8-12(9-14(19)11-24-10-13)15(20)6-7-16(22-4)23-5/h12-14,16H,6-11H2,1-5H3. The summed E-state index contributed by atoms with van der Waals surface area (Å²) in [5.41, 5.74) is -0.534. The van der Waals surface area contributed by atoms with Crippen molar-refractivity contribution in [2.45, 2.75) is 70.4 Å². The Morgan fingerprint density at radius 2 is 1.68 bits per heavy atom. The van der Waals surface area contributed by atoms with Gasteiger partial charge in [-0.2, -0.15) is 0 Å². The van der Waals surface area contributed by atoms with Gasteiger partial charge in [0, 0.05) is 33.0 Å². The van der Waals surface area contributed by atoms with Gasteiger partial charge in [0.25, 0.3) is 0 Å². The van der Waals surface area contributed by atoms with Gasteiger partial charge >= 0.3 is 6.09 Å². The van der Waals surface area contributed by atoms with E-state index in [-0.39, 0.29) is 36.2 Å². The first-order chi connectivity index (χ1) is 11.7. The van der Waals surface area contributed by atoms with Crippen LogP contribution in [0.15, 0.2) is 0 Å². The molecule has 144 valence electrons. The summed E-state index contributed by atoms with van der Waals surface area (Å²) in [6.45, 7) is 6.48. The van der Waals surface area contributed by atoms with Crippen molar-refractivity contribution in [3.8, 4) is 0 Å². The zero-order valence-corrected chi connectivity index (χ0v) is 15.9. The molecule has 0 aromatic rings. The first-order valence-corrected chi connectivity index (χ1v) is 8.92. The summed E-state index contributed by atoms with van der Waals surface area (Å²) in [6, 6.07) is -0.200. The van der Waals surface area contributed by atoms with Gasteiger partial charge in [0.1, 0.15) is 11.4 Å². The maximum Gasteiger partial charge on any atom is 0.410 e. The molecule has 0 N–H and O–H groups in total. The molecule has 0 aliphatic carbocycles. The largest absolute Gasteiger partial charge is 0.444 e. The third kappa shape index (κ3) is 5.39. The number of fused-ring (bicyclic) bond motifs is 2. The van der Waals surface area contributed by atoms with Gasteiger partial charge in [-0.3, -0.25) is 9.69 Å². The number of amides is 1. The lowest BCUT2D eigenvalue weighted by atomic mass is 9.81. The molecule has 0 spiro atoms. The zero-order chi connectivity index (χ0) is 18.6. The Morgan fingerprint density at radius 3 is 2.16 bits per heavy atom. The molecule has 2 aliphatic heterocycles. The van der Waals surface area contributed by atoms with Crippen molar-refractivity contribution in [2.75, 3.05) is 27.4 Å². The van der Waals surface area contributed by atoms with E-state index in [1.165, 1.54) is 0 Å². The smallest absolute Gasteiger partial charge is 0.410 e. The van der Waals surface area contributed by atoms with E-state index in [0.717, 1.165) is 0 Å². The number of carbonyl (C=O) groups excluding carboxylic acids is 2. The van der Waals surface area contributed by atoms with Crippen LogP contribution in [0.2, 0.25) is 0 Å². The summed E-state index contributed by atoms with van der Waals surface area (Å²) in [4.78, 5) is 26.9. The molecule has 2 rings (SSSR count). The molecule has 0 aromatic heterocycles. The molecule has 2 heterocycles. The van der Waals surface area contributed by atoms with Crippen LogP contribution in [0.4, 0.5) is 4.79 Å². The Kier molecular flexibility index (Phi) is 6.82. The highest BCUT2D eigenvalue weighted by atomic mass is 16.7. The number of hydrogen-bond acceptors (Lipinski definition) is 6. The molecule has 2 saturated heterocycles. The topological polar surface area (TPSA) is 74.3 Å². The van der Waals surface area contributed by atoms with Crippen molar-refractivity contribution in [1.29, 1.82) is 0 Å². The minimum absolute atomic E-state index is 0.0491. The van der Waals surface area contributed by atoms with Gasteiger partial charge in [-0.25, -0.2) is 4.79 Å². The number of nitrogens with zero attached hydrogens (tertiary/aromatic N) is 1. The maximum absolute atomic E-state index is 12.6. The number of ketones is 1. The van der Waals surface area contributed by atoms with Crippen LogP contribution in [0.3, 0.4) is 0 Å².